The smallest absolute Gasteiger partial charge is 0.338 e. The minimum absolute atomic E-state index is 0.00436. The zero-order chi connectivity index (χ0) is 23.1. The number of fused-ring (bicyclic) bond motifs is 1. The molecule has 0 saturated carbocycles. The summed E-state index contributed by atoms with van der Waals surface area (Å²) in [6.45, 7) is 5.42. The molecule has 0 aliphatic carbocycles. The van der Waals surface area contributed by atoms with Gasteiger partial charge < -0.3 is 14.0 Å². The fourth-order valence-corrected chi connectivity index (χ4v) is 4.66. The van der Waals surface area contributed by atoms with Gasteiger partial charge in [0.25, 0.3) is 5.91 Å². The maximum absolute atomic E-state index is 12.5. The highest BCUT2D eigenvalue weighted by molar-refractivity contribution is 7.16. The molecule has 0 N–H and O–H groups in total. The largest absolute Gasteiger partial charge is 0.462 e. The first-order chi connectivity index (χ1) is 15.4. The van der Waals surface area contributed by atoms with Gasteiger partial charge in [0.2, 0.25) is 0 Å². The van der Waals surface area contributed by atoms with Crippen LogP contribution in [0.2, 0.25) is 0 Å². The van der Waals surface area contributed by atoms with Gasteiger partial charge in [0.05, 0.1) is 33.9 Å². The Morgan fingerprint density at radius 3 is 2.69 bits per heavy atom. The highest BCUT2D eigenvalue weighted by atomic mass is 32.1. The summed E-state index contributed by atoms with van der Waals surface area (Å²) >= 11 is 2.26. The molecule has 2 heterocycles. The van der Waals surface area contributed by atoms with Crippen LogP contribution >= 0.6 is 22.7 Å². The molecule has 0 saturated heterocycles. The van der Waals surface area contributed by atoms with E-state index < -0.39 is 16.8 Å². The van der Waals surface area contributed by atoms with E-state index in [9.17, 15) is 19.7 Å². The summed E-state index contributed by atoms with van der Waals surface area (Å²) in [4.78, 5) is 40.1. The van der Waals surface area contributed by atoms with Gasteiger partial charge in [-0.05, 0) is 44.2 Å². The van der Waals surface area contributed by atoms with E-state index in [1.54, 1.807) is 31.2 Å². The Labute approximate surface area is 191 Å². The number of hydrogen-bond acceptors (Lipinski definition) is 8. The van der Waals surface area contributed by atoms with E-state index >= 15 is 0 Å². The Morgan fingerprint density at radius 2 is 2.00 bits per heavy atom. The number of carbonyl (C=O) groups excluding carboxylic acids is 2. The summed E-state index contributed by atoms with van der Waals surface area (Å²) < 4.78 is 13.2. The second-order valence-electron chi connectivity index (χ2n) is 6.35. The quantitative estimate of drug-likeness (QED) is 0.152. The first-order valence-electron chi connectivity index (χ1n) is 9.82. The second-order valence-corrected chi connectivity index (χ2v) is 8.46. The maximum Gasteiger partial charge on any atom is 0.338 e. The lowest BCUT2D eigenvalue weighted by Gasteiger charge is -2.06. The minimum Gasteiger partial charge on any atom is -0.462 e. The van der Waals surface area contributed by atoms with Crippen molar-refractivity contribution in [3.05, 3.63) is 61.8 Å². The number of ether oxygens (including phenoxy) is 2. The fraction of sp³-hybridized carbons (Fsp3) is 0.286. The number of benzene rings is 1. The van der Waals surface area contributed by atoms with Crippen LogP contribution in [0.15, 0.2) is 41.4 Å². The van der Waals surface area contributed by atoms with Crippen LogP contribution < -0.4 is 4.80 Å². The van der Waals surface area contributed by atoms with Gasteiger partial charge in [-0.15, -0.1) is 0 Å². The predicted molar refractivity (Wildman–Crippen MR) is 123 cm³/mol. The first kappa shape index (κ1) is 23.5. The average Bonchev–Trinajstić information content (AvgIpc) is 3.37. The number of thiophene rings is 1. The number of nitrogens with zero attached hydrogens (tertiary/aromatic N) is 3. The first-order valence-corrected chi connectivity index (χ1v) is 11.5. The lowest BCUT2D eigenvalue weighted by Crippen LogP contribution is -2.19. The molecule has 0 atom stereocenters. The number of carbonyl (C=O) groups is 2. The molecular formula is C21H21N3O6S2. The highest BCUT2D eigenvalue weighted by Gasteiger charge is 2.12. The zero-order valence-corrected chi connectivity index (χ0v) is 19.1. The van der Waals surface area contributed by atoms with Gasteiger partial charge in [-0.1, -0.05) is 22.7 Å². The summed E-state index contributed by atoms with van der Waals surface area (Å²) in [5.74, 6) is -0.908. The number of nitro groups is 1. The molecule has 1 amide bonds. The molecule has 168 valence electrons. The monoisotopic (exact) mass is 475 g/mol. The second kappa shape index (κ2) is 10.9. The molecule has 0 radical (unpaired) electrons. The van der Waals surface area contributed by atoms with Crippen LogP contribution in [0.25, 0.3) is 16.3 Å². The predicted octanol–water partition coefficient (Wildman–Crippen LogP) is 4.03. The van der Waals surface area contributed by atoms with E-state index in [0.29, 0.717) is 35.0 Å². The van der Waals surface area contributed by atoms with E-state index in [1.165, 1.54) is 29.6 Å². The third-order valence-electron chi connectivity index (χ3n) is 4.25. The number of aromatic nitrogens is 1. The van der Waals surface area contributed by atoms with Crippen LogP contribution in [0.3, 0.4) is 0 Å². The number of rotatable bonds is 9. The number of hydrogen-bond donors (Lipinski definition) is 0. The van der Waals surface area contributed by atoms with Gasteiger partial charge in [0.15, 0.2) is 4.80 Å². The Balaban J connectivity index is 1.94. The van der Waals surface area contributed by atoms with Crippen molar-refractivity contribution in [2.45, 2.75) is 20.4 Å². The van der Waals surface area contributed by atoms with Gasteiger partial charge in [-0.25, -0.2) is 4.79 Å². The van der Waals surface area contributed by atoms with Crippen molar-refractivity contribution in [3.8, 4) is 0 Å². The molecule has 0 bridgehead atoms. The molecule has 0 spiro atoms. The van der Waals surface area contributed by atoms with Gasteiger partial charge in [0.1, 0.15) is 0 Å². The molecule has 3 aromatic rings. The lowest BCUT2D eigenvalue weighted by atomic mass is 10.2. The summed E-state index contributed by atoms with van der Waals surface area (Å²) in [5, 5.41) is 10.8. The third kappa shape index (κ3) is 5.75. The topological polar surface area (TPSA) is 113 Å². The number of amides is 1. The van der Waals surface area contributed by atoms with Gasteiger partial charge in [-0.2, -0.15) is 4.99 Å². The minimum atomic E-state index is -0.497. The van der Waals surface area contributed by atoms with Gasteiger partial charge >= 0.3 is 11.0 Å². The lowest BCUT2D eigenvalue weighted by molar-refractivity contribution is -0.380. The number of esters is 1. The van der Waals surface area contributed by atoms with Crippen molar-refractivity contribution in [2.24, 2.45) is 4.99 Å². The van der Waals surface area contributed by atoms with E-state index in [1.807, 2.05) is 11.5 Å². The van der Waals surface area contributed by atoms with Crippen LogP contribution in [0.5, 0.6) is 0 Å². The molecule has 32 heavy (non-hydrogen) atoms. The molecule has 0 aliphatic heterocycles. The molecule has 3 rings (SSSR count). The van der Waals surface area contributed by atoms with Crippen LogP contribution in [0, 0.1) is 10.1 Å². The summed E-state index contributed by atoms with van der Waals surface area (Å²) in [7, 11) is 0. The SMILES string of the molecule is CCOCCn1c(=NC(=O)/C=C\c2ccc([N+](=O)[O-])s2)sc2cc(C(=O)OCC)ccc21. The van der Waals surface area contributed by atoms with E-state index in [2.05, 4.69) is 4.99 Å². The fourth-order valence-electron chi connectivity index (χ4n) is 2.83. The molecule has 0 unspecified atom stereocenters. The summed E-state index contributed by atoms with van der Waals surface area (Å²) in [6.07, 6.45) is 2.77. The average molecular weight is 476 g/mol. The standard InChI is InChI=1S/C21H21N3O6S2/c1-3-29-12-11-23-16-8-5-14(20(26)30-4-2)13-17(16)32-21(23)22-18(25)9-6-15-7-10-19(31-15)24(27)28/h5-10,13H,3-4,11-12H2,1-2H3/b9-6-,22-21?. The Hall–Kier alpha value is -3.15. The van der Waals surface area contributed by atoms with E-state index in [-0.39, 0.29) is 11.6 Å². The van der Waals surface area contributed by atoms with Crippen molar-refractivity contribution >= 4 is 55.8 Å². The Morgan fingerprint density at radius 1 is 1.19 bits per heavy atom. The normalized spacial score (nSPS) is 12.0. The molecule has 1 aromatic carbocycles. The summed E-state index contributed by atoms with van der Waals surface area (Å²) in [5.41, 5.74) is 1.25. The molecule has 9 nitrogen and oxygen atoms in total. The van der Waals surface area contributed by atoms with Crippen molar-refractivity contribution in [3.63, 3.8) is 0 Å². The maximum atomic E-state index is 12.5. The highest BCUT2D eigenvalue weighted by Crippen LogP contribution is 2.25. The van der Waals surface area contributed by atoms with Crippen LogP contribution in [0.1, 0.15) is 29.1 Å². The molecular weight excluding hydrogens is 454 g/mol. The van der Waals surface area contributed by atoms with Crippen molar-refractivity contribution in [2.75, 3.05) is 19.8 Å². The van der Waals surface area contributed by atoms with Crippen molar-refractivity contribution in [1.29, 1.82) is 0 Å². The number of thiazole rings is 1. The van der Waals surface area contributed by atoms with Crippen molar-refractivity contribution in [1.82, 2.24) is 4.57 Å². The van der Waals surface area contributed by atoms with E-state index in [0.717, 1.165) is 21.6 Å². The molecule has 2 aromatic heterocycles. The summed E-state index contributed by atoms with van der Waals surface area (Å²) in [6, 6.07) is 8.17. The van der Waals surface area contributed by atoms with Gasteiger partial charge in [0, 0.05) is 30.2 Å². The Bertz CT molecular complexity index is 1240. The molecule has 11 heteroatoms. The van der Waals surface area contributed by atoms with Crippen LogP contribution in [0.4, 0.5) is 5.00 Å². The Kier molecular flexibility index (Phi) is 8.03. The van der Waals surface area contributed by atoms with Crippen LogP contribution in [-0.4, -0.2) is 41.2 Å². The molecule has 0 fully saturated rings. The van der Waals surface area contributed by atoms with Crippen molar-refractivity contribution < 1.29 is 24.0 Å². The van der Waals surface area contributed by atoms with Gasteiger partial charge in [-0.3, -0.25) is 14.9 Å². The molecule has 0 aliphatic rings. The zero-order valence-electron chi connectivity index (χ0n) is 17.5. The van der Waals surface area contributed by atoms with E-state index in [4.69, 9.17) is 9.47 Å². The van der Waals surface area contributed by atoms with Crippen LogP contribution in [-0.2, 0) is 20.8 Å². The third-order valence-corrected chi connectivity index (χ3v) is 6.29.